The zero-order chi connectivity index (χ0) is 11.3. The first-order valence-corrected chi connectivity index (χ1v) is 6.37. The average molecular weight is 311 g/mol. The third-order valence-corrected chi connectivity index (χ3v) is 3.92. The van der Waals surface area contributed by atoms with Crippen molar-refractivity contribution >= 4 is 45.3 Å². The Hall–Kier alpha value is -0.260. The minimum absolute atomic E-state index is 0.281. The molecule has 1 aromatic rings. The summed E-state index contributed by atoms with van der Waals surface area (Å²) in [4.78, 5) is 14.8. The van der Waals surface area contributed by atoms with Gasteiger partial charge in [-0.1, -0.05) is 27.5 Å². The van der Waals surface area contributed by atoms with E-state index in [1.54, 1.807) is 12.3 Å². The first kappa shape index (κ1) is 12.8. The number of ether oxygens (including phenoxy) is 1. The van der Waals surface area contributed by atoms with Gasteiger partial charge in [0.2, 0.25) is 0 Å². The highest BCUT2D eigenvalue weighted by Crippen LogP contribution is 2.20. The fraction of sp³-hybridized carbons (Fsp3) is 0.333. The molecule has 6 heteroatoms. The highest BCUT2D eigenvalue weighted by atomic mass is 79.9. The molecule has 82 valence electrons. The van der Waals surface area contributed by atoms with Crippen molar-refractivity contribution in [1.82, 2.24) is 4.98 Å². The van der Waals surface area contributed by atoms with Crippen LogP contribution in [0.5, 0.6) is 0 Å². The van der Waals surface area contributed by atoms with Crippen molar-refractivity contribution in [2.75, 3.05) is 12.9 Å². The molecule has 1 heterocycles. The van der Waals surface area contributed by atoms with Gasteiger partial charge in [-0.15, -0.1) is 11.8 Å². The molecule has 1 unspecified atom stereocenters. The van der Waals surface area contributed by atoms with Crippen LogP contribution in [0.3, 0.4) is 0 Å². The Morgan fingerprint density at radius 3 is 3.00 bits per heavy atom. The van der Waals surface area contributed by atoms with E-state index in [4.69, 9.17) is 11.6 Å². The second-order valence-electron chi connectivity index (χ2n) is 2.62. The van der Waals surface area contributed by atoms with E-state index in [1.165, 1.54) is 18.9 Å². The predicted molar refractivity (Wildman–Crippen MR) is 64.7 cm³/mol. The summed E-state index contributed by atoms with van der Waals surface area (Å²) in [6, 6.07) is 3.57. The second-order valence-corrected chi connectivity index (χ2v) is 5.20. The quantitative estimate of drug-likeness (QED) is 0.487. The molecule has 0 aliphatic rings. The molecule has 1 rings (SSSR count). The molecular formula is C9H9BrClNO2S. The first-order chi connectivity index (χ1) is 7.13. The summed E-state index contributed by atoms with van der Waals surface area (Å²) in [5.41, 5.74) is 0. The molecule has 0 aliphatic heterocycles. The van der Waals surface area contributed by atoms with Crippen LogP contribution < -0.4 is 0 Å². The molecule has 0 spiro atoms. The van der Waals surface area contributed by atoms with Crippen molar-refractivity contribution < 1.29 is 9.53 Å². The zero-order valence-corrected chi connectivity index (χ0v) is 11.1. The Bertz CT molecular complexity index is 333. The third kappa shape index (κ3) is 4.40. The summed E-state index contributed by atoms with van der Waals surface area (Å²) < 4.78 is 4.58. The van der Waals surface area contributed by atoms with Crippen molar-refractivity contribution in [1.29, 1.82) is 0 Å². The molecule has 0 N–H and O–H groups in total. The third-order valence-electron chi connectivity index (χ3n) is 1.53. The van der Waals surface area contributed by atoms with E-state index in [0.29, 0.717) is 10.8 Å². The molecule has 3 nitrogen and oxygen atoms in total. The van der Waals surface area contributed by atoms with Gasteiger partial charge in [-0.2, -0.15) is 0 Å². The molecule has 1 aromatic heterocycles. The molecule has 1 atom stereocenters. The number of carbonyl (C=O) groups is 1. The number of hydrogen-bond acceptors (Lipinski definition) is 4. The Morgan fingerprint density at radius 2 is 2.47 bits per heavy atom. The first-order valence-electron chi connectivity index (χ1n) is 4.09. The van der Waals surface area contributed by atoms with Gasteiger partial charge in [-0.25, -0.2) is 4.98 Å². The van der Waals surface area contributed by atoms with Crippen LogP contribution in [0, 0.1) is 0 Å². The number of pyridine rings is 1. The number of hydrogen-bond donors (Lipinski definition) is 0. The largest absolute Gasteiger partial charge is 0.468 e. The SMILES string of the molecule is COC(=O)C(Br)CSc1ccc(Cl)cn1. The highest BCUT2D eigenvalue weighted by Gasteiger charge is 2.15. The number of methoxy groups -OCH3 is 1. The summed E-state index contributed by atoms with van der Waals surface area (Å²) in [6.07, 6.45) is 1.57. The van der Waals surface area contributed by atoms with Crippen LogP contribution in [-0.2, 0) is 9.53 Å². The number of rotatable bonds is 4. The van der Waals surface area contributed by atoms with Crippen LogP contribution in [0.15, 0.2) is 23.4 Å². The Morgan fingerprint density at radius 1 is 1.73 bits per heavy atom. The van der Waals surface area contributed by atoms with E-state index in [2.05, 4.69) is 25.7 Å². The predicted octanol–water partition coefficient (Wildman–Crippen LogP) is 2.76. The van der Waals surface area contributed by atoms with E-state index in [9.17, 15) is 4.79 Å². The van der Waals surface area contributed by atoms with Gasteiger partial charge in [0.25, 0.3) is 0 Å². The van der Waals surface area contributed by atoms with Gasteiger partial charge in [0, 0.05) is 11.9 Å². The monoisotopic (exact) mass is 309 g/mol. The lowest BCUT2D eigenvalue weighted by Crippen LogP contribution is -2.17. The lowest BCUT2D eigenvalue weighted by molar-refractivity contribution is -0.139. The van der Waals surface area contributed by atoms with E-state index in [-0.39, 0.29) is 10.8 Å². The van der Waals surface area contributed by atoms with Gasteiger partial charge in [-0.3, -0.25) is 4.79 Å². The Kier molecular flexibility index (Phi) is 5.42. The van der Waals surface area contributed by atoms with Crippen LogP contribution in [0.4, 0.5) is 0 Å². The second kappa shape index (κ2) is 6.35. The van der Waals surface area contributed by atoms with Crippen molar-refractivity contribution in [3.8, 4) is 0 Å². The number of esters is 1. The lowest BCUT2D eigenvalue weighted by atomic mass is 10.5. The smallest absolute Gasteiger partial charge is 0.320 e. The molecule has 0 fully saturated rings. The lowest BCUT2D eigenvalue weighted by Gasteiger charge is -2.06. The van der Waals surface area contributed by atoms with Crippen molar-refractivity contribution in [3.05, 3.63) is 23.4 Å². The average Bonchev–Trinajstić information content (AvgIpc) is 2.26. The highest BCUT2D eigenvalue weighted by molar-refractivity contribution is 9.10. The maximum Gasteiger partial charge on any atom is 0.320 e. The maximum absolute atomic E-state index is 11.1. The van der Waals surface area contributed by atoms with Crippen LogP contribution in [-0.4, -0.2) is 28.6 Å². The van der Waals surface area contributed by atoms with Gasteiger partial charge in [0.1, 0.15) is 4.83 Å². The van der Waals surface area contributed by atoms with Crippen molar-refractivity contribution in [2.45, 2.75) is 9.85 Å². The van der Waals surface area contributed by atoms with Gasteiger partial charge >= 0.3 is 5.97 Å². The van der Waals surface area contributed by atoms with E-state index >= 15 is 0 Å². The van der Waals surface area contributed by atoms with Crippen LogP contribution in [0.1, 0.15) is 0 Å². The molecule has 0 aliphatic carbocycles. The van der Waals surface area contributed by atoms with Gasteiger partial charge in [-0.05, 0) is 12.1 Å². The van der Waals surface area contributed by atoms with Gasteiger partial charge in [0.15, 0.2) is 0 Å². The van der Waals surface area contributed by atoms with Crippen LogP contribution in [0.2, 0.25) is 5.02 Å². The van der Waals surface area contributed by atoms with Gasteiger partial charge in [0.05, 0.1) is 17.2 Å². The summed E-state index contributed by atoms with van der Waals surface area (Å²) in [5, 5.41) is 1.43. The van der Waals surface area contributed by atoms with Crippen LogP contribution in [0.25, 0.3) is 0 Å². The van der Waals surface area contributed by atoms with Crippen LogP contribution >= 0.6 is 39.3 Å². The number of thioether (sulfide) groups is 1. The fourth-order valence-corrected chi connectivity index (χ4v) is 2.24. The molecule has 0 amide bonds. The minimum Gasteiger partial charge on any atom is -0.468 e. The van der Waals surface area contributed by atoms with E-state index in [1.807, 2.05) is 6.07 Å². The number of aromatic nitrogens is 1. The van der Waals surface area contributed by atoms with Gasteiger partial charge < -0.3 is 4.74 Å². The Labute approximate surface area is 106 Å². The number of carbonyl (C=O) groups excluding carboxylic acids is 1. The number of nitrogens with zero attached hydrogens (tertiary/aromatic N) is 1. The fourth-order valence-electron chi connectivity index (χ4n) is 0.802. The summed E-state index contributed by atoms with van der Waals surface area (Å²) in [5.74, 6) is 0.290. The molecule has 0 radical (unpaired) electrons. The minimum atomic E-state index is -0.315. The summed E-state index contributed by atoms with van der Waals surface area (Å²) in [7, 11) is 1.36. The number of alkyl halides is 1. The Balaban J connectivity index is 2.43. The van der Waals surface area contributed by atoms with Crippen molar-refractivity contribution in [3.63, 3.8) is 0 Å². The molecule has 0 saturated heterocycles. The maximum atomic E-state index is 11.1. The standard InChI is InChI=1S/C9H9BrClNO2S/c1-14-9(13)7(10)5-15-8-3-2-6(11)4-12-8/h2-4,7H,5H2,1H3. The topological polar surface area (TPSA) is 39.2 Å². The summed E-state index contributed by atoms with van der Waals surface area (Å²) >= 11 is 10.4. The molecule has 15 heavy (non-hydrogen) atoms. The molecule has 0 bridgehead atoms. The molecule has 0 saturated carbocycles. The number of halogens is 2. The molecule has 0 aromatic carbocycles. The summed E-state index contributed by atoms with van der Waals surface area (Å²) in [6.45, 7) is 0. The van der Waals surface area contributed by atoms with Crippen molar-refractivity contribution in [2.24, 2.45) is 0 Å². The van der Waals surface area contributed by atoms with E-state index < -0.39 is 0 Å². The molecular weight excluding hydrogens is 302 g/mol. The van der Waals surface area contributed by atoms with E-state index in [0.717, 1.165) is 5.03 Å². The zero-order valence-electron chi connectivity index (χ0n) is 7.94. The normalized spacial score (nSPS) is 12.2.